The summed E-state index contributed by atoms with van der Waals surface area (Å²) in [6.45, 7) is 4.86. The van der Waals surface area contributed by atoms with Gasteiger partial charge in [0.25, 0.3) is 11.6 Å². The van der Waals surface area contributed by atoms with Gasteiger partial charge in [-0.15, -0.1) is 0 Å². The first-order chi connectivity index (χ1) is 12.3. The second-order valence-electron chi connectivity index (χ2n) is 5.66. The van der Waals surface area contributed by atoms with Crippen LogP contribution in [0.15, 0.2) is 28.8 Å². The molecule has 0 aliphatic carbocycles. The van der Waals surface area contributed by atoms with Crippen LogP contribution in [0.25, 0.3) is 11.4 Å². The quantitative estimate of drug-likeness (QED) is 0.500. The zero-order chi connectivity index (χ0) is 19.0. The molecule has 0 aliphatic heterocycles. The molecule has 26 heavy (non-hydrogen) atoms. The van der Waals surface area contributed by atoms with E-state index in [-0.39, 0.29) is 28.8 Å². The van der Waals surface area contributed by atoms with E-state index in [1.165, 1.54) is 22.9 Å². The largest absolute Gasteiger partial charge is 0.337 e. The second-order valence-corrected chi connectivity index (χ2v) is 5.66. The van der Waals surface area contributed by atoms with E-state index in [1.807, 2.05) is 0 Å². The molecule has 0 saturated carbocycles. The van der Waals surface area contributed by atoms with Crippen LogP contribution in [0.5, 0.6) is 0 Å². The lowest BCUT2D eigenvalue weighted by Crippen LogP contribution is -2.11. The van der Waals surface area contributed by atoms with Crippen LogP contribution in [0.2, 0.25) is 0 Å². The van der Waals surface area contributed by atoms with Crippen LogP contribution in [-0.4, -0.2) is 29.8 Å². The zero-order valence-corrected chi connectivity index (χ0v) is 14.1. The standard InChI is InChI=1S/C15H14N6O5/c1-8-13(21(24)25)9(2)19(17-8)10(3)15-16-14(18-26-15)11-5-4-6-12(7-11)20(22)23/h4-7,10H,1-3H3. The first kappa shape index (κ1) is 17.2. The summed E-state index contributed by atoms with van der Waals surface area (Å²) < 4.78 is 6.68. The van der Waals surface area contributed by atoms with E-state index < -0.39 is 15.9 Å². The third-order valence-electron chi connectivity index (χ3n) is 3.95. The lowest BCUT2D eigenvalue weighted by molar-refractivity contribution is -0.386. The third-order valence-corrected chi connectivity index (χ3v) is 3.95. The van der Waals surface area contributed by atoms with Gasteiger partial charge in [0.1, 0.15) is 17.4 Å². The molecular weight excluding hydrogens is 344 g/mol. The smallest absolute Gasteiger partial charge is 0.312 e. The number of nitro benzene ring substituents is 1. The number of hydrogen-bond donors (Lipinski definition) is 0. The van der Waals surface area contributed by atoms with Gasteiger partial charge in [0.2, 0.25) is 5.82 Å². The van der Waals surface area contributed by atoms with Crippen molar-refractivity contribution in [2.75, 3.05) is 0 Å². The number of rotatable bonds is 5. The van der Waals surface area contributed by atoms with Gasteiger partial charge in [-0.25, -0.2) is 0 Å². The molecule has 11 heteroatoms. The Hall–Kier alpha value is -3.63. The van der Waals surface area contributed by atoms with Gasteiger partial charge in [-0.1, -0.05) is 17.3 Å². The fourth-order valence-electron chi connectivity index (χ4n) is 2.68. The van der Waals surface area contributed by atoms with Crippen molar-refractivity contribution in [3.63, 3.8) is 0 Å². The van der Waals surface area contributed by atoms with Crippen molar-refractivity contribution in [3.05, 3.63) is 61.8 Å². The normalized spacial score (nSPS) is 12.1. The van der Waals surface area contributed by atoms with Gasteiger partial charge in [0.15, 0.2) is 0 Å². The highest BCUT2D eigenvalue weighted by molar-refractivity contribution is 5.58. The minimum Gasteiger partial charge on any atom is -0.337 e. The molecule has 1 unspecified atom stereocenters. The van der Waals surface area contributed by atoms with Crippen LogP contribution in [0.1, 0.15) is 30.2 Å². The van der Waals surface area contributed by atoms with E-state index in [0.29, 0.717) is 11.3 Å². The zero-order valence-electron chi connectivity index (χ0n) is 14.1. The summed E-state index contributed by atoms with van der Waals surface area (Å²) in [7, 11) is 0. The molecule has 11 nitrogen and oxygen atoms in total. The topological polar surface area (TPSA) is 143 Å². The van der Waals surface area contributed by atoms with E-state index in [2.05, 4.69) is 15.2 Å². The van der Waals surface area contributed by atoms with E-state index in [9.17, 15) is 20.2 Å². The second kappa shape index (κ2) is 6.35. The lowest BCUT2D eigenvalue weighted by atomic mass is 10.2. The molecule has 0 radical (unpaired) electrons. The van der Waals surface area contributed by atoms with Gasteiger partial charge in [-0.2, -0.15) is 10.1 Å². The molecule has 3 aromatic rings. The molecular formula is C15H14N6O5. The Morgan fingerprint density at radius 2 is 1.92 bits per heavy atom. The van der Waals surface area contributed by atoms with E-state index in [4.69, 9.17) is 4.52 Å². The molecule has 0 amide bonds. The molecule has 0 bridgehead atoms. The maximum absolute atomic E-state index is 11.1. The van der Waals surface area contributed by atoms with Gasteiger partial charge in [-0.05, 0) is 20.8 Å². The molecule has 1 atom stereocenters. The van der Waals surface area contributed by atoms with Crippen molar-refractivity contribution in [2.45, 2.75) is 26.8 Å². The number of nitrogens with zero attached hydrogens (tertiary/aromatic N) is 6. The maximum atomic E-state index is 11.1. The Labute approximate surface area is 146 Å². The summed E-state index contributed by atoms with van der Waals surface area (Å²) in [5.41, 5.74) is 0.944. The number of hydrogen-bond acceptors (Lipinski definition) is 8. The molecule has 3 rings (SSSR count). The van der Waals surface area contributed by atoms with Crippen molar-refractivity contribution >= 4 is 11.4 Å². The first-order valence-electron chi connectivity index (χ1n) is 7.58. The fraction of sp³-hybridized carbons (Fsp3) is 0.267. The Kier molecular flexibility index (Phi) is 4.20. The first-order valence-corrected chi connectivity index (χ1v) is 7.58. The van der Waals surface area contributed by atoms with Gasteiger partial charge in [-0.3, -0.25) is 24.9 Å². The summed E-state index contributed by atoms with van der Waals surface area (Å²) in [5.74, 6) is 0.374. The number of non-ortho nitro benzene ring substituents is 1. The highest BCUT2D eigenvalue weighted by atomic mass is 16.6. The average molecular weight is 358 g/mol. The van der Waals surface area contributed by atoms with Crippen LogP contribution in [-0.2, 0) is 0 Å². The van der Waals surface area contributed by atoms with E-state index >= 15 is 0 Å². The Balaban J connectivity index is 1.95. The molecule has 1 aromatic carbocycles. The van der Waals surface area contributed by atoms with Gasteiger partial charge in [0.05, 0.1) is 9.85 Å². The van der Waals surface area contributed by atoms with Crippen LogP contribution in [0, 0.1) is 34.1 Å². The Morgan fingerprint density at radius 3 is 2.54 bits per heavy atom. The lowest BCUT2D eigenvalue weighted by Gasteiger charge is -2.08. The van der Waals surface area contributed by atoms with Gasteiger partial charge >= 0.3 is 5.69 Å². The number of nitro groups is 2. The van der Waals surface area contributed by atoms with Gasteiger partial charge < -0.3 is 4.52 Å². The van der Waals surface area contributed by atoms with Crippen LogP contribution in [0.3, 0.4) is 0 Å². The molecule has 0 spiro atoms. The molecule has 134 valence electrons. The predicted molar refractivity (Wildman–Crippen MR) is 88.6 cm³/mol. The van der Waals surface area contributed by atoms with E-state index in [0.717, 1.165) is 0 Å². The number of aromatic nitrogens is 4. The number of aryl methyl sites for hydroxylation is 1. The van der Waals surface area contributed by atoms with Gasteiger partial charge in [0, 0.05) is 17.7 Å². The fourth-order valence-corrected chi connectivity index (χ4v) is 2.68. The Morgan fingerprint density at radius 1 is 1.19 bits per heavy atom. The SMILES string of the molecule is Cc1nn(C(C)c2nc(-c3cccc([N+](=O)[O-])c3)no2)c(C)c1[N+](=O)[O-]. The average Bonchev–Trinajstić information content (AvgIpc) is 3.19. The van der Waals surface area contributed by atoms with E-state index in [1.54, 1.807) is 26.8 Å². The van der Waals surface area contributed by atoms with Crippen molar-refractivity contribution in [1.29, 1.82) is 0 Å². The predicted octanol–water partition coefficient (Wildman–Crippen LogP) is 2.98. The molecule has 0 saturated heterocycles. The summed E-state index contributed by atoms with van der Waals surface area (Å²) in [4.78, 5) is 25.3. The highest BCUT2D eigenvalue weighted by Crippen LogP contribution is 2.28. The molecule has 2 aromatic heterocycles. The summed E-state index contributed by atoms with van der Waals surface area (Å²) in [6.07, 6.45) is 0. The van der Waals surface area contributed by atoms with Crippen molar-refractivity contribution in [1.82, 2.24) is 19.9 Å². The molecule has 0 aliphatic rings. The van der Waals surface area contributed by atoms with Crippen LogP contribution >= 0.6 is 0 Å². The minimum absolute atomic E-state index is 0.0599. The van der Waals surface area contributed by atoms with Crippen molar-refractivity contribution in [3.8, 4) is 11.4 Å². The third kappa shape index (κ3) is 2.90. The highest BCUT2D eigenvalue weighted by Gasteiger charge is 2.27. The molecule has 2 heterocycles. The number of benzene rings is 1. The molecule has 0 fully saturated rings. The Bertz CT molecular complexity index is 1010. The van der Waals surface area contributed by atoms with Crippen molar-refractivity contribution < 1.29 is 14.4 Å². The molecule has 0 N–H and O–H groups in total. The van der Waals surface area contributed by atoms with Crippen LogP contribution < -0.4 is 0 Å². The van der Waals surface area contributed by atoms with Crippen molar-refractivity contribution in [2.24, 2.45) is 0 Å². The monoisotopic (exact) mass is 358 g/mol. The minimum atomic E-state index is -0.539. The van der Waals surface area contributed by atoms with Crippen LogP contribution in [0.4, 0.5) is 11.4 Å². The summed E-state index contributed by atoms with van der Waals surface area (Å²) in [6, 6.07) is 5.31. The summed E-state index contributed by atoms with van der Waals surface area (Å²) in [5, 5.41) is 30.0. The maximum Gasteiger partial charge on any atom is 0.312 e. The summed E-state index contributed by atoms with van der Waals surface area (Å²) >= 11 is 0.